The van der Waals surface area contributed by atoms with E-state index in [0.717, 1.165) is 6.54 Å². The number of hydrogen-bond acceptors (Lipinski definition) is 1. The molecule has 0 aromatic heterocycles. The number of rotatable bonds is 3. The van der Waals surface area contributed by atoms with Gasteiger partial charge in [-0.2, -0.15) is 0 Å². The molecule has 0 aliphatic heterocycles. The van der Waals surface area contributed by atoms with Crippen LogP contribution in [0.4, 0.5) is 0 Å². The third kappa shape index (κ3) is 3.34. The van der Waals surface area contributed by atoms with E-state index in [0.29, 0.717) is 6.04 Å². The molecule has 9 heavy (non-hydrogen) atoms. The highest BCUT2D eigenvalue weighted by Gasteiger charge is 2.18. The van der Waals surface area contributed by atoms with Gasteiger partial charge in [0, 0.05) is 0 Å². The molecule has 0 heterocycles. The third-order valence-corrected chi connectivity index (χ3v) is 1.78. The number of halogens is 2. The molecule has 0 amide bonds. The van der Waals surface area contributed by atoms with Crippen LogP contribution < -0.4 is 0 Å². The topological polar surface area (TPSA) is 3.24 Å². The van der Waals surface area contributed by atoms with Crippen molar-refractivity contribution in [2.24, 2.45) is 0 Å². The molecule has 0 spiro atoms. The van der Waals surface area contributed by atoms with E-state index in [4.69, 9.17) is 22.9 Å². The summed E-state index contributed by atoms with van der Waals surface area (Å²) in [7, 11) is 0. The molecule has 0 atom stereocenters. The zero-order chi connectivity index (χ0) is 7.44. The minimum atomic E-state index is -0.366. The second kappa shape index (κ2) is 4.43. The van der Waals surface area contributed by atoms with Gasteiger partial charge in [-0.1, -0.05) is 20.8 Å². The van der Waals surface area contributed by atoms with Crippen LogP contribution in [0.15, 0.2) is 0 Å². The van der Waals surface area contributed by atoms with Crippen molar-refractivity contribution in [3.05, 3.63) is 0 Å². The predicted octanol–water partition coefficient (Wildman–Crippen LogP) is 2.18. The molecular weight excluding hydrogens is 156 g/mol. The van der Waals surface area contributed by atoms with E-state index in [1.54, 1.807) is 0 Å². The number of nitrogens with zero attached hydrogens (tertiary/aromatic N) is 1. The van der Waals surface area contributed by atoms with Crippen molar-refractivity contribution in [1.29, 1.82) is 0 Å². The first kappa shape index (κ1) is 9.60. The Labute approximate surface area is 67.2 Å². The first-order chi connectivity index (χ1) is 4.09. The van der Waals surface area contributed by atoms with Crippen LogP contribution in [0, 0.1) is 0 Å². The zero-order valence-electron chi connectivity index (χ0n) is 6.06. The van der Waals surface area contributed by atoms with Crippen LogP contribution in [0.25, 0.3) is 0 Å². The van der Waals surface area contributed by atoms with E-state index in [2.05, 4.69) is 13.8 Å². The van der Waals surface area contributed by atoms with Gasteiger partial charge in [0.2, 0.25) is 0 Å². The predicted molar refractivity (Wildman–Crippen MR) is 45.0 cm³/mol. The molecule has 0 aliphatic carbocycles. The first-order valence-corrected chi connectivity index (χ1v) is 4.00. The summed E-state index contributed by atoms with van der Waals surface area (Å²) in [5.41, 5.74) is -0.366. The zero-order valence-corrected chi connectivity index (χ0v) is 7.58. The Balaban J connectivity index is 3.68. The summed E-state index contributed by atoms with van der Waals surface area (Å²) in [4.78, 5) is 1.99. The standard InChI is InChI=1S/C5H12BCl2N/c1-4-9(5(2)3)6(7)8/h5H,4H2,1-3H3. The molecule has 0 bridgehead atoms. The van der Waals surface area contributed by atoms with Gasteiger partial charge in [-0.3, -0.25) is 0 Å². The Hall–Kier alpha value is 0.605. The van der Waals surface area contributed by atoms with Gasteiger partial charge in [0.05, 0.1) is 0 Å². The van der Waals surface area contributed by atoms with Crippen molar-refractivity contribution in [2.45, 2.75) is 26.8 Å². The number of hydrogen-bond donors (Lipinski definition) is 0. The van der Waals surface area contributed by atoms with E-state index in [-0.39, 0.29) is 5.68 Å². The van der Waals surface area contributed by atoms with Crippen molar-refractivity contribution >= 4 is 28.6 Å². The van der Waals surface area contributed by atoms with Gasteiger partial charge in [-0.15, -0.1) is 22.9 Å². The molecule has 0 unspecified atom stereocenters. The largest absolute Gasteiger partial charge is 0.435 e. The third-order valence-electron chi connectivity index (χ3n) is 1.28. The van der Waals surface area contributed by atoms with Crippen molar-refractivity contribution in [1.82, 2.24) is 4.81 Å². The van der Waals surface area contributed by atoms with Crippen molar-refractivity contribution in [2.75, 3.05) is 6.54 Å². The van der Waals surface area contributed by atoms with E-state index in [1.807, 2.05) is 11.7 Å². The lowest BCUT2D eigenvalue weighted by molar-refractivity contribution is 0.392. The fourth-order valence-corrected chi connectivity index (χ4v) is 1.46. The van der Waals surface area contributed by atoms with Crippen LogP contribution in [0.5, 0.6) is 0 Å². The summed E-state index contributed by atoms with van der Waals surface area (Å²) in [6, 6.07) is 0.426. The molecule has 0 saturated heterocycles. The van der Waals surface area contributed by atoms with Crippen LogP contribution in [0.3, 0.4) is 0 Å². The molecule has 0 aromatic carbocycles. The Morgan fingerprint density at radius 1 is 1.44 bits per heavy atom. The molecule has 0 fully saturated rings. The monoisotopic (exact) mass is 167 g/mol. The van der Waals surface area contributed by atoms with Crippen LogP contribution in [-0.2, 0) is 0 Å². The normalized spacial score (nSPS) is 11.0. The molecular formula is C5H12BCl2N. The molecule has 0 radical (unpaired) electrons. The summed E-state index contributed by atoms with van der Waals surface area (Å²) >= 11 is 11.3. The lowest BCUT2D eigenvalue weighted by Crippen LogP contribution is -2.37. The maximum Gasteiger partial charge on any atom is 0.435 e. The van der Waals surface area contributed by atoms with Gasteiger partial charge in [0.1, 0.15) is 0 Å². The Morgan fingerprint density at radius 2 is 1.89 bits per heavy atom. The maximum atomic E-state index is 5.63. The average molecular weight is 168 g/mol. The molecule has 0 aliphatic rings. The van der Waals surface area contributed by atoms with Crippen LogP contribution in [-0.4, -0.2) is 23.1 Å². The molecule has 0 rings (SSSR count). The Kier molecular flexibility index (Phi) is 4.72. The highest BCUT2D eigenvalue weighted by atomic mass is 35.5. The van der Waals surface area contributed by atoms with Crippen molar-refractivity contribution < 1.29 is 0 Å². The van der Waals surface area contributed by atoms with E-state index in [1.165, 1.54) is 0 Å². The average Bonchev–Trinajstić information content (AvgIpc) is 1.64. The quantitative estimate of drug-likeness (QED) is 0.583. The van der Waals surface area contributed by atoms with E-state index >= 15 is 0 Å². The molecule has 1 nitrogen and oxygen atoms in total. The minimum absolute atomic E-state index is 0.366. The Morgan fingerprint density at radius 3 is 1.89 bits per heavy atom. The molecule has 0 saturated carbocycles. The van der Waals surface area contributed by atoms with Gasteiger partial charge in [-0.25, -0.2) is 0 Å². The van der Waals surface area contributed by atoms with E-state index < -0.39 is 0 Å². The summed E-state index contributed by atoms with van der Waals surface area (Å²) in [6.07, 6.45) is 0. The second-order valence-electron chi connectivity index (χ2n) is 2.20. The molecule has 54 valence electrons. The highest BCUT2D eigenvalue weighted by Crippen LogP contribution is 2.07. The fourth-order valence-electron chi connectivity index (χ4n) is 0.729. The maximum absolute atomic E-state index is 5.63. The van der Waals surface area contributed by atoms with Gasteiger partial charge in [0.15, 0.2) is 0 Å². The van der Waals surface area contributed by atoms with Gasteiger partial charge >= 0.3 is 5.68 Å². The fraction of sp³-hybridized carbons (Fsp3) is 1.00. The van der Waals surface area contributed by atoms with Crippen LogP contribution in [0.1, 0.15) is 20.8 Å². The van der Waals surface area contributed by atoms with E-state index in [9.17, 15) is 0 Å². The summed E-state index contributed by atoms with van der Waals surface area (Å²) in [5.74, 6) is 0. The summed E-state index contributed by atoms with van der Waals surface area (Å²) in [5, 5.41) is 0. The molecule has 0 aromatic rings. The lowest BCUT2D eigenvalue weighted by Gasteiger charge is -2.23. The minimum Gasteiger partial charge on any atom is -0.313 e. The second-order valence-corrected chi connectivity index (χ2v) is 3.25. The van der Waals surface area contributed by atoms with Crippen molar-refractivity contribution in [3.8, 4) is 0 Å². The summed E-state index contributed by atoms with van der Waals surface area (Å²) in [6.45, 7) is 7.08. The highest BCUT2D eigenvalue weighted by molar-refractivity contribution is 7.32. The van der Waals surface area contributed by atoms with Crippen LogP contribution >= 0.6 is 22.9 Å². The molecule has 0 N–H and O–H groups in total. The lowest BCUT2D eigenvalue weighted by atomic mass is 10.2. The Bertz CT molecular complexity index is 69.4. The van der Waals surface area contributed by atoms with Gasteiger partial charge < -0.3 is 4.81 Å². The molecule has 4 heteroatoms. The SMILES string of the molecule is CCN(B(Cl)Cl)C(C)C. The first-order valence-electron chi connectivity index (χ1n) is 3.13. The van der Waals surface area contributed by atoms with Crippen LogP contribution in [0.2, 0.25) is 0 Å². The van der Waals surface area contributed by atoms with Gasteiger partial charge in [-0.05, 0) is 12.6 Å². The van der Waals surface area contributed by atoms with Crippen molar-refractivity contribution in [3.63, 3.8) is 0 Å². The smallest absolute Gasteiger partial charge is 0.313 e. The summed E-state index contributed by atoms with van der Waals surface area (Å²) < 4.78 is 0. The van der Waals surface area contributed by atoms with Gasteiger partial charge in [0.25, 0.3) is 0 Å².